The number of phosphoric acid groups is 2. The minimum absolute atomic E-state index is 0. The molecule has 0 aromatic carbocycles. The number of hydrogen-bond donors (Lipinski definition) is 4. The molecule has 1 aliphatic rings. The molecule has 156 valence electrons. The standard InChI is InChI=1S/C11H16N4O11P2.2Na/c16-8-5(1-15-4-14-7-10(15)12-3-13-11(7)18)25-6(9(8)17)2-24-28(22,23)26-27(19,20)21;;/h3-6,8-9,16-17H,1-2H2,(H,22,23)(H,12,13,18)(H2,19,20,21);;/q;2*+1/p-2/t5-,6+,8?,9-;;/m0../s1. The molecule has 19 heteroatoms. The Bertz CT molecular complexity index is 1010. The van der Waals surface area contributed by atoms with Crippen molar-refractivity contribution in [2.24, 2.45) is 0 Å². The van der Waals surface area contributed by atoms with E-state index in [4.69, 9.17) is 9.63 Å². The third-order valence-electron chi connectivity index (χ3n) is 3.85. The minimum atomic E-state index is -5.60. The van der Waals surface area contributed by atoms with Crippen LogP contribution >= 0.6 is 15.6 Å². The summed E-state index contributed by atoms with van der Waals surface area (Å²) in [6.07, 6.45) is -3.04. The Hall–Kier alpha value is 0.490. The zero-order valence-corrected chi connectivity index (χ0v) is 21.5. The smallest absolute Gasteiger partial charge is 0.756 e. The van der Waals surface area contributed by atoms with E-state index >= 15 is 0 Å². The number of nitrogens with zero attached hydrogens (tertiary/aromatic N) is 3. The van der Waals surface area contributed by atoms with Crippen molar-refractivity contribution in [2.75, 3.05) is 6.61 Å². The van der Waals surface area contributed by atoms with Crippen LogP contribution in [0.3, 0.4) is 0 Å². The van der Waals surface area contributed by atoms with Crippen molar-refractivity contribution in [3.05, 3.63) is 23.0 Å². The van der Waals surface area contributed by atoms with Crippen LogP contribution in [0.15, 0.2) is 17.4 Å². The number of hydrogen-bond acceptors (Lipinski definition) is 12. The maximum atomic E-state index is 11.6. The SMILES string of the molecule is O=c1[nH]cnc2c1ncn2C[C@@H]1O[C@H](COP(=O)([O-])OP(=O)([O-])O)[C@H](O)C1O.[Na+].[Na+]. The predicted octanol–water partition coefficient (Wildman–Crippen LogP) is -9.42. The largest absolute Gasteiger partial charge is 1.00 e. The molecule has 3 heterocycles. The van der Waals surface area contributed by atoms with Crippen molar-refractivity contribution >= 4 is 26.8 Å². The molecule has 0 aliphatic carbocycles. The molecule has 0 amide bonds. The second-order valence-corrected chi connectivity index (χ2v) is 8.53. The van der Waals surface area contributed by atoms with E-state index in [2.05, 4.69) is 23.8 Å². The van der Waals surface area contributed by atoms with Gasteiger partial charge < -0.3 is 43.7 Å². The molecule has 1 aliphatic heterocycles. The molecule has 30 heavy (non-hydrogen) atoms. The van der Waals surface area contributed by atoms with Crippen LogP contribution < -0.4 is 74.5 Å². The Balaban J connectivity index is 0.00000225. The van der Waals surface area contributed by atoms with Crippen molar-refractivity contribution in [1.29, 1.82) is 0 Å². The minimum Gasteiger partial charge on any atom is -0.756 e. The summed E-state index contributed by atoms with van der Waals surface area (Å²) in [5.74, 6) is 0. The fourth-order valence-corrected chi connectivity index (χ4v) is 4.18. The van der Waals surface area contributed by atoms with Crippen LogP contribution in [0.2, 0.25) is 0 Å². The Morgan fingerprint density at radius 3 is 2.47 bits per heavy atom. The molecular formula is C11H14N4Na2O11P2. The number of nitrogens with one attached hydrogen (secondary N) is 1. The first-order valence-corrected chi connectivity index (χ1v) is 10.5. The second kappa shape index (κ2) is 11.1. The number of ether oxygens (including phenoxy) is 1. The molecular weight excluding hydrogens is 472 g/mol. The predicted molar refractivity (Wildman–Crippen MR) is 83.3 cm³/mol. The van der Waals surface area contributed by atoms with Gasteiger partial charge in [-0.05, 0) is 0 Å². The summed E-state index contributed by atoms with van der Waals surface area (Å²) in [4.78, 5) is 52.0. The van der Waals surface area contributed by atoms with Crippen LogP contribution in [-0.4, -0.2) is 65.6 Å². The van der Waals surface area contributed by atoms with Gasteiger partial charge in [-0.2, -0.15) is 0 Å². The van der Waals surface area contributed by atoms with E-state index in [0.29, 0.717) is 0 Å². The molecule has 0 bridgehead atoms. The molecule has 2 aromatic rings. The normalized spacial score (nSPS) is 27.6. The van der Waals surface area contributed by atoms with Crippen molar-refractivity contribution in [3.63, 3.8) is 0 Å². The maximum Gasteiger partial charge on any atom is 1.00 e. The molecule has 1 fully saturated rings. The number of aromatic nitrogens is 4. The summed E-state index contributed by atoms with van der Waals surface area (Å²) in [6, 6.07) is 0. The van der Waals surface area contributed by atoms with E-state index < -0.39 is 52.2 Å². The van der Waals surface area contributed by atoms with E-state index in [1.807, 2.05) is 0 Å². The zero-order chi connectivity index (χ0) is 20.7. The van der Waals surface area contributed by atoms with Crippen molar-refractivity contribution in [3.8, 4) is 0 Å². The summed E-state index contributed by atoms with van der Waals surface area (Å²) < 4.78 is 36.2. The number of H-pyrrole nitrogens is 1. The first kappa shape index (κ1) is 28.5. The molecule has 0 saturated carbocycles. The summed E-state index contributed by atoms with van der Waals surface area (Å²) in [5, 5.41) is 20.1. The third-order valence-corrected chi connectivity index (χ3v) is 5.94. The number of aliphatic hydroxyl groups excluding tert-OH is 2. The number of imidazole rings is 1. The van der Waals surface area contributed by atoms with Crippen molar-refractivity contribution in [1.82, 2.24) is 19.5 Å². The summed E-state index contributed by atoms with van der Waals surface area (Å²) in [6.45, 7) is -0.988. The van der Waals surface area contributed by atoms with Gasteiger partial charge in [0.25, 0.3) is 21.2 Å². The quantitative estimate of drug-likeness (QED) is 0.211. The van der Waals surface area contributed by atoms with Gasteiger partial charge in [0, 0.05) is 0 Å². The number of phosphoric ester groups is 1. The van der Waals surface area contributed by atoms with E-state index in [1.54, 1.807) is 0 Å². The van der Waals surface area contributed by atoms with Gasteiger partial charge in [-0.25, -0.2) is 14.3 Å². The molecule has 2 aromatic heterocycles. The molecule has 6 atom stereocenters. The van der Waals surface area contributed by atoms with Gasteiger partial charge in [-0.15, -0.1) is 0 Å². The van der Waals surface area contributed by atoms with Gasteiger partial charge >= 0.3 is 59.1 Å². The van der Waals surface area contributed by atoms with Gasteiger partial charge in [0.05, 0.1) is 25.8 Å². The second-order valence-electron chi connectivity index (χ2n) is 5.79. The molecule has 3 rings (SSSR count). The maximum absolute atomic E-state index is 11.6. The Kier molecular flexibility index (Phi) is 10.5. The number of rotatable bonds is 7. The average molecular weight is 486 g/mol. The first-order chi connectivity index (χ1) is 13.0. The van der Waals surface area contributed by atoms with Gasteiger partial charge in [0.1, 0.15) is 24.4 Å². The van der Waals surface area contributed by atoms with Gasteiger partial charge in [0.15, 0.2) is 11.2 Å². The third kappa shape index (κ3) is 6.99. The van der Waals surface area contributed by atoms with Crippen molar-refractivity contribution < 1.29 is 107 Å². The molecule has 0 spiro atoms. The van der Waals surface area contributed by atoms with Crippen LogP contribution in [0, 0.1) is 0 Å². The molecule has 4 N–H and O–H groups in total. The first-order valence-electron chi connectivity index (χ1n) is 7.58. The summed E-state index contributed by atoms with van der Waals surface area (Å²) >= 11 is 0. The van der Waals surface area contributed by atoms with Crippen LogP contribution in [0.1, 0.15) is 0 Å². The van der Waals surface area contributed by atoms with Gasteiger partial charge in [-0.3, -0.25) is 13.9 Å². The Morgan fingerprint density at radius 1 is 1.20 bits per heavy atom. The zero-order valence-electron chi connectivity index (χ0n) is 15.7. The van der Waals surface area contributed by atoms with Crippen LogP contribution in [0.4, 0.5) is 0 Å². The number of aromatic amines is 1. The van der Waals surface area contributed by atoms with Crippen LogP contribution in [-0.2, 0) is 29.2 Å². The summed E-state index contributed by atoms with van der Waals surface area (Å²) in [5.41, 5.74) is -0.236. The van der Waals surface area contributed by atoms with Crippen molar-refractivity contribution in [2.45, 2.75) is 31.0 Å². The number of aliphatic hydroxyl groups is 2. The average Bonchev–Trinajstić information content (AvgIpc) is 3.09. The van der Waals surface area contributed by atoms with E-state index in [-0.39, 0.29) is 76.8 Å². The Labute approximate surface area is 212 Å². The Morgan fingerprint density at radius 2 is 1.83 bits per heavy atom. The summed E-state index contributed by atoms with van der Waals surface area (Å²) in [7, 11) is -11.0. The van der Waals surface area contributed by atoms with Gasteiger partial charge in [0.2, 0.25) is 0 Å². The fraction of sp³-hybridized carbons (Fsp3) is 0.545. The van der Waals surface area contributed by atoms with E-state index in [0.717, 1.165) is 6.33 Å². The molecule has 1 saturated heterocycles. The van der Waals surface area contributed by atoms with Gasteiger partial charge in [-0.1, -0.05) is 0 Å². The molecule has 3 unspecified atom stereocenters. The van der Waals surface area contributed by atoms with Crippen LogP contribution in [0.5, 0.6) is 0 Å². The monoisotopic (exact) mass is 486 g/mol. The van der Waals surface area contributed by atoms with E-state index in [1.165, 1.54) is 10.9 Å². The topological polar surface area (TPSA) is 232 Å². The molecule has 0 radical (unpaired) electrons. The fourth-order valence-electron chi connectivity index (χ4n) is 2.65. The van der Waals surface area contributed by atoms with Crippen LogP contribution in [0.25, 0.3) is 11.2 Å². The number of fused-ring (bicyclic) bond motifs is 1. The van der Waals surface area contributed by atoms with E-state index in [9.17, 15) is 33.9 Å². The molecule has 15 nitrogen and oxygen atoms in total.